The van der Waals surface area contributed by atoms with Crippen LogP contribution in [0.15, 0.2) is 30.3 Å². The van der Waals surface area contributed by atoms with Gasteiger partial charge in [0.1, 0.15) is 11.8 Å². The second kappa shape index (κ2) is 8.15. The maximum Gasteiger partial charge on any atom is 0.432 e. The molecule has 0 saturated heterocycles. The highest BCUT2D eigenvalue weighted by molar-refractivity contribution is 5.69. The minimum atomic E-state index is -4.43. The highest BCUT2D eigenvalue weighted by Crippen LogP contribution is 2.35. The molecule has 0 aliphatic heterocycles. The molecule has 1 aromatic carbocycles. The SMILES string of the molecule is CCCC(=O)OC1CCC(c2ccc(-c3cc(C(F)(F)F)[nH]n3)cc2)CC1. The van der Waals surface area contributed by atoms with Crippen LogP contribution in [-0.2, 0) is 15.7 Å². The second-order valence-corrected chi connectivity index (χ2v) is 7.00. The van der Waals surface area contributed by atoms with E-state index in [0.29, 0.717) is 17.9 Å². The minimum Gasteiger partial charge on any atom is -0.462 e. The standard InChI is InChI=1S/C20H23F3N2O2/c1-2-3-19(26)27-16-10-8-14(9-11-16)13-4-6-15(7-5-13)17-12-18(25-24-17)20(21,22)23/h4-7,12,14,16H,2-3,8-11H2,1H3,(H,24,25). The van der Waals surface area contributed by atoms with E-state index >= 15 is 0 Å². The number of carbonyl (C=O) groups is 1. The molecule has 0 amide bonds. The van der Waals surface area contributed by atoms with Gasteiger partial charge in [-0.25, -0.2) is 0 Å². The summed E-state index contributed by atoms with van der Waals surface area (Å²) in [7, 11) is 0. The Balaban J connectivity index is 1.58. The van der Waals surface area contributed by atoms with Gasteiger partial charge in [0.2, 0.25) is 0 Å². The van der Waals surface area contributed by atoms with E-state index in [1.54, 1.807) is 12.1 Å². The molecular weight excluding hydrogens is 357 g/mol. The Morgan fingerprint density at radius 2 is 1.85 bits per heavy atom. The molecule has 0 radical (unpaired) electrons. The first kappa shape index (κ1) is 19.5. The zero-order valence-corrected chi connectivity index (χ0v) is 15.2. The van der Waals surface area contributed by atoms with Crippen LogP contribution < -0.4 is 0 Å². The van der Waals surface area contributed by atoms with Crippen LogP contribution >= 0.6 is 0 Å². The number of alkyl halides is 3. The normalized spacial score (nSPS) is 20.4. The van der Waals surface area contributed by atoms with Gasteiger partial charge in [-0.2, -0.15) is 18.3 Å². The molecule has 0 bridgehead atoms. The van der Waals surface area contributed by atoms with E-state index in [4.69, 9.17) is 4.74 Å². The third kappa shape index (κ3) is 4.90. The molecule has 0 spiro atoms. The highest BCUT2D eigenvalue weighted by atomic mass is 19.4. The van der Waals surface area contributed by atoms with Gasteiger partial charge in [0, 0.05) is 12.0 Å². The number of aromatic nitrogens is 2. The van der Waals surface area contributed by atoms with Gasteiger partial charge < -0.3 is 4.74 Å². The maximum atomic E-state index is 12.7. The molecule has 1 N–H and O–H groups in total. The van der Waals surface area contributed by atoms with E-state index in [2.05, 4.69) is 5.10 Å². The summed E-state index contributed by atoms with van der Waals surface area (Å²) in [5.41, 5.74) is 1.23. The number of benzene rings is 1. The Morgan fingerprint density at radius 1 is 1.19 bits per heavy atom. The smallest absolute Gasteiger partial charge is 0.432 e. The molecule has 1 fully saturated rings. The molecular formula is C20H23F3N2O2. The van der Waals surface area contributed by atoms with Gasteiger partial charge >= 0.3 is 12.1 Å². The van der Waals surface area contributed by atoms with E-state index < -0.39 is 11.9 Å². The molecule has 0 atom stereocenters. The molecule has 1 aliphatic rings. The zero-order chi connectivity index (χ0) is 19.4. The number of rotatable bonds is 5. The lowest BCUT2D eigenvalue weighted by Crippen LogP contribution is -2.23. The van der Waals surface area contributed by atoms with Crippen molar-refractivity contribution in [2.24, 2.45) is 0 Å². The van der Waals surface area contributed by atoms with Crippen molar-refractivity contribution in [3.8, 4) is 11.3 Å². The van der Waals surface area contributed by atoms with Crippen LogP contribution in [0.1, 0.15) is 62.6 Å². The van der Waals surface area contributed by atoms with Crippen molar-refractivity contribution in [2.45, 2.75) is 63.6 Å². The van der Waals surface area contributed by atoms with Crippen LogP contribution in [0.25, 0.3) is 11.3 Å². The van der Waals surface area contributed by atoms with Crippen molar-refractivity contribution in [1.29, 1.82) is 0 Å². The van der Waals surface area contributed by atoms with Gasteiger partial charge in [-0.05, 0) is 49.7 Å². The first-order valence-corrected chi connectivity index (χ1v) is 9.29. The van der Waals surface area contributed by atoms with Gasteiger partial charge in [-0.15, -0.1) is 0 Å². The first-order valence-electron chi connectivity index (χ1n) is 9.29. The molecule has 27 heavy (non-hydrogen) atoms. The maximum absolute atomic E-state index is 12.7. The van der Waals surface area contributed by atoms with E-state index in [1.807, 2.05) is 24.2 Å². The average Bonchev–Trinajstić information content (AvgIpc) is 3.13. The van der Waals surface area contributed by atoms with Crippen molar-refractivity contribution in [3.05, 3.63) is 41.6 Å². The monoisotopic (exact) mass is 380 g/mol. The van der Waals surface area contributed by atoms with Crippen LogP contribution in [0.5, 0.6) is 0 Å². The van der Waals surface area contributed by atoms with Gasteiger partial charge in [0.25, 0.3) is 0 Å². The van der Waals surface area contributed by atoms with Crippen molar-refractivity contribution in [1.82, 2.24) is 10.2 Å². The van der Waals surface area contributed by atoms with Crippen LogP contribution in [0.3, 0.4) is 0 Å². The van der Waals surface area contributed by atoms with Crippen LogP contribution in [0.2, 0.25) is 0 Å². The van der Waals surface area contributed by atoms with E-state index in [1.165, 1.54) is 0 Å². The average molecular weight is 380 g/mol. The molecule has 1 saturated carbocycles. The minimum absolute atomic E-state index is 0.00409. The Kier molecular flexibility index (Phi) is 5.87. The number of halogens is 3. The van der Waals surface area contributed by atoms with Gasteiger partial charge in [-0.1, -0.05) is 31.2 Å². The quantitative estimate of drug-likeness (QED) is 0.700. The number of hydrogen-bond donors (Lipinski definition) is 1. The lowest BCUT2D eigenvalue weighted by atomic mass is 9.82. The molecule has 4 nitrogen and oxygen atoms in total. The first-order chi connectivity index (χ1) is 12.9. The van der Waals surface area contributed by atoms with Crippen LogP contribution in [-0.4, -0.2) is 22.3 Å². The summed E-state index contributed by atoms with van der Waals surface area (Å²) in [6.45, 7) is 1.95. The highest BCUT2D eigenvalue weighted by Gasteiger charge is 2.33. The summed E-state index contributed by atoms with van der Waals surface area (Å²) >= 11 is 0. The predicted molar refractivity (Wildman–Crippen MR) is 95.0 cm³/mol. The van der Waals surface area contributed by atoms with Crippen LogP contribution in [0.4, 0.5) is 13.2 Å². The molecule has 7 heteroatoms. The topological polar surface area (TPSA) is 55.0 Å². The molecule has 1 aromatic heterocycles. The van der Waals surface area contributed by atoms with Gasteiger partial charge in [0.15, 0.2) is 0 Å². The van der Waals surface area contributed by atoms with Crippen molar-refractivity contribution in [2.75, 3.05) is 0 Å². The number of hydrogen-bond acceptors (Lipinski definition) is 3. The molecule has 146 valence electrons. The number of aromatic amines is 1. The Bertz CT molecular complexity index is 760. The molecule has 0 unspecified atom stereocenters. The fourth-order valence-corrected chi connectivity index (χ4v) is 3.50. The third-order valence-electron chi connectivity index (χ3n) is 4.99. The summed E-state index contributed by atoms with van der Waals surface area (Å²) in [5, 5.41) is 5.79. The number of H-pyrrole nitrogens is 1. The number of nitrogens with one attached hydrogen (secondary N) is 1. The van der Waals surface area contributed by atoms with Crippen LogP contribution in [0, 0.1) is 0 Å². The molecule has 1 heterocycles. The van der Waals surface area contributed by atoms with E-state index in [-0.39, 0.29) is 17.8 Å². The summed E-state index contributed by atoms with van der Waals surface area (Å²) < 4.78 is 43.5. The zero-order valence-electron chi connectivity index (χ0n) is 15.2. The van der Waals surface area contributed by atoms with E-state index in [0.717, 1.165) is 43.7 Å². The van der Waals surface area contributed by atoms with Crippen molar-refractivity contribution in [3.63, 3.8) is 0 Å². The lowest BCUT2D eigenvalue weighted by Gasteiger charge is -2.28. The van der Waals surface area contributed by atoms with E-state index in [9.17, 15) is 18.0 Å². The number of carbonyl (C=O) groups excluding carboxylic acids is 1. The largest absolute Gasteiger partial charge is 0.462 e. The summed E-state index contributed by atoms with van der Waals surface area (Å²) in [6, 6.07) is 8.53. The molecule has 2 aromatic rings. The Morgan fingerprint density at radius 3 is 2.41 bits per heavy atom. The van der Waals surface area contributed by atoms with Gasteiger partial charge in [-0.3, -0.25) is 9.89 Å². The summed E-state index contributed by atoms with van der Waals surface area (Å²) in [4.78, 5) is 11.6. The predicted octanol–water partition coefficient (Wildman–Crippen LogP) is 5.47. The van der Waals surface area contributed by atoms with Gasteiger partial charge in [0.05, 0.1) is 5.69 Å². The molecule has 3 rings (SSSR count). The third-order valence-corrected chi connectivity index (χ3v) is 4.99. The number of nitrogens with zero attached hydrogens (tertiary/aromatic N) is 1. The van der Waals surface area contributed by atoms with Crippen molar-refractivity contribution < 1.29 is 22.7 Å². The molecule has 1 aliphatic carbocycles. The fourth-order valence-electron chi connectivity index (χ4n) is 3.50. The lowest BCUT2D eigenvalue weighted by molar-refractivity contribution is -0.150. The summed E-state index contributed by atoms with van der Waals surface area (Å²) in [5.74, 6) is 0.257. The number of esters is 1. The Labute approximate surface area is 156 Å². The fraction of sp³-hybridized carbons (Fsp3) is 0.500. The summed E-state index contributed by atoms with van der Waals surface area (Å²) in [6.07, 6.45) is 0.389. The Hall–Kier alpha value is -2.31. The second-order valence-electron chi connectivity index (χ2n) is 7.00. The van der Waals surface area contributed by atoms with Crippen molar-refractivity contribution >= 4 is 5.97 Å². The number of ether oxygens (including phenoxy) is 1.